The van der Waals surface area contributed by atoms with Crippen LogP contribution < -0.4 is 0 Å². The van der Waals surface area contributed by atoms with Crippen LogP contribution in [0.1, 0.15) is 32.3 Å². The lowest BCUT2D eigenvalue weighted by Gasteiger charge is -2.09. The molecule has 0 atom stereocenters. The Labute approximate surface area is 158 Å². The van der Waals surface area contributed by atoms with Gasteiger partial charge in [0.25, 0.3) is 0 Å². The molecule has 0 aliphatic rings. The first-order valence-corrected chi connectivity index (χ1v) is 8.89. The summed E-state index contributed by atoms with van der Waals surface area (Å²) < 4.78 is 5.83. The van der Waals surface area contributed by atoms with E-state index in [0.717, 1.165) is 29.1 Å². The number of benzene rings is 1. The zero-order valence-corrected chi connectivity index (χ0v) is 16.1. The van der Waals surface area contributed by atoms with E-state index in [1.807, 2.05) is 61.6 Å². The standard InChI is InChI=1S/C23H28OS/c1-5-11-20(12-6-2)16-15-19(4)23(25)17-22(7-3)24-18-21-13-9-8-10-14-21/h5-14,17,25H,1,3,15-16,18H2,2,4H3/b12-6-,20-11+,22-17+,23-19-. The predicted molar refractivity (Wildman–Crippen MR) is 114 cm³/mol. The Bertz CT molecular complexity index is 675. The highest BCUT2D eigenvalue weighted by atomic mass is 32.1. The van der Waals surface area contributed by atoms with Crippen LogP contribution >= 0.6 is 12.6 Å². The van der Waals surface area contributed by atoms with Crippen molar-refractivity contribution in [2.24, 2.45) is 0 Å². The highest BCUT2D eigenvalue weighted by Crippen LogP contribution is 2.21. The Morgan fingerprint density at radius 2 is 1.88 bits per heavy atom. The summed E-state index contributed by atoms with van der Waals surface area (Å²) in [6.07, 6.45) is 13.6. The van der Waals surface area contributed by atoms with Crippen molar-refractivity contribution in [3.8, 4) is 0 Å². The second-order valence-electron chi connectivity index (χ2n) is 5.67. The van der Waals surface area contributed by atoms with Crippen molar-refractivity contribution in [3.05, 3.63) is 107 Å². The van der Waals surface area contributed by atoms with Crippen LogP contribution in [0.3, 0.4) is 0 Å². The summed E-state index contributed by atoms with van der Waals surface area (Å²) in [7, 11) is 0. The molecule has 0 fully saturated rings. The van der Waals surface area contributed by atoms with E-state index >= 15 is 0 Å². The van der Waals surface area contributed by atoms with Crippen molar-refractivity contribution in [1.82, 2.24) is 0 Å². The van der Waals surface area contributed by atoms with E-state index in [0.29, 0.717) is 6.61 Å². The summed E-state index contributed by atoms with van der Waals surface area (Å²) in [5.41, 5.74) is 3.60. The molecule has 1 aromatic carbocycles. The van der Waals surface area contributed by atoms with E-state index in [2.05, 4.69) is 38.8 Å². The van der Waals surface area contributed by atoms with Crippen LogP contribution in [-0.4, -0.2) is 0 Å². The maximum Gasteiger partial charge on any atom is 0.120 e. The second kappa shape index (κ2) is 12.2. The fourth-order valence-electron chi connectivity index (χ4n) is 2.21. The Morgan fingerprint density at radius 3 is 2.48 bits per heavy atom. The van der Waals surface area contributed by atoms with Gasteiger partial charge in [0, 0.05) is 4.91 Å². The van der Waals surface area contributed by atoms with Crippen molar-refractivity contribution < 1.29 is 4.74 Å². The van der Waals surface area contributed by atoms with Gasteiger partial charge in [-0.25, -0.2) is 0 Å². The number of rotatable bonds is 10. The third-order valence-corrected chi connectivity index (χ3v) is 4.18. The van der Waals surface area contributed by atoms with Gasteiger partial charge < -0.3 is 4.74 Å². The molecule has 0 unspecified atom stereocenters. The second-order valence-corrected chi connectivity index (χ2v) is 6.15. The molecule has 0 spiro atoms. The number of ether oxygens (including phenoxy) is 1. The van der Waals surface area contributed by atoms with Gasteiger partial charge in [-0.1, -0.05) is 73.4 Å². The first kappa shape index (κ1) is 20.9. The third kappa shape index (κ3) is 8.46. The Balaban J connectivity index is 2.72. The van der Waals surface area contributed by atoms with Crippen LogP contribution in [0.5, 0.6) is 0 Å². The first-order chi connectivity index (χ1) is 12.1. The quantitative estimate of drug-likeness (QED) is 0.272. The van der Waals surface area contributed by atoms with Gasteiger partial charge in [0.1, 0.15) is 12.4 Å². The summed E-state index contributed by atoms with van der Waals surface area (Å²) in [5, 5.41) is 0. The molecule has 1 nitrogen and oxygen atoms in total. The van der Waals surface area contributed by atoms with Crippen molar-refractivity contribution in [1.29, 1.82) is 0 Å². The molecule has 0 saturated carbocycles. The molecular formula is C23H28OS. The van der Waals surface area contributed by atoms with E-state index in [1.165, 1.54) is 11.1 Å². The van der Waals surface area contributed by atoms with Crippen molar-refractivity contribution in [3.63, 3.8) is 0 Å². The van der Waals surface area contributed by atoms with Gasteiger partial charge in [-0.15, -0.1) is 12.6 Å². The van der Waals surface area contributed by atoms with Crippen LogP contribution in [0.15, 0.2) is 102 Å². The van der Waals surface area contributed by atoms with E-state index in [9.17, 15) is 0 Å². The van der Waals surface area contributed by atoms with E-state index < -0.39 is 0 Å². The van der Waals surface area contributed by atoms with Crippen molar-refractivity contribution >= 4 is 12.6 Å². The Morgan fingerprint density at radius 1 is 1.16 bits per heavy atom. The number of hydrogen-bond donors (Lipinski definition) is 1. The molecular weight excluding hydrogens is 324 g/mol. The highest BCUT2D eigenvalue weighted by molar-refractivity contribution is 7.84. The van der Waals surface area contributed by atoms with Gasteiger partial charge in [-0.3, -0.25) is 0 Å². The molecule has 0 aliphatic carbocycles. The van der Waals surface area contributed by atoms with Crippen LogP contribution in [-0.2, 0) is 11.3 Å². The highest BCUT2D eigenvalue weighted by Gasteiger charge is 2.01. The van der Waals surface area contributed by atoms with Gasteiger partial charge in [-0.05, 0) is 50.0 Å². The van der Waals surface area contributed by atoms with Crippen LogP contribution in [0.2, 0.25) is 0 Å². The normalized spacial score (nSPS) is 13.6. The predicted octanol–water partition coefficient (Wildman–Crippen LogP) is 6.95. The van der Waals surface area contributed by atoms with Gasteiger partial charge in [0.15, 0.2) is 0 Å². The zero-order chi connectivity index (χ0) is 18.5. The largest absolute Gasteiger partial charge is 0.489 e. The van der Waals surface area contributed by atoms with Gasteiger partial charge >= 0.3 is 0 Å². The summed E-state index contributed by atoms with van der Waals surface area (Å²) in [5.74, 6) is 0.725. The molecule has 0 aliphatic heterocycles. The maximum absolute atomic E-state index is 5.83. The Kier molecular flexibility index (Phi) is 10.2. The van der Waals surface area contributed by atoms with Gasteiger partial charge in [0.2, 0.25) is 0 Å². The molecule has 1 aromatic rings. The fraction of sp³-hybridized carbons (Fsp3) is 0.217. The third-order valence-electron chi connectivity index (χ3n) is 3.67. The molecule has 25 heavy (non-hydrogen) atoms. The summed E-state index contributed by atoms with van der Waals surface area (Å²) in [6, 6.07) is 10.1. The van der Waals surface area contributed by atoms with Gasteiger partial charge in [-0.2, -0.15) is 0 Å². The fourth-order valence-corrected chi connectivity index (χ4v) is 2.44. The lowest BCUT2D eigenvalue weighted by Crippen LogP contribution is -1.92. The van der Waals surface area contributed by atoms with E-state index in [-0.39, 0.29) is 0 Å². The summed E-state index contributed by atoms with van der Waals surface area (Å²) >= 11 is 4.62. The monoisotopic (exact) mass is 352 g/mol. The molecule has 0 amide bonds. The minimum atomic E-state index is 0.520. The van der Waals surface area contributed by atoms with Crippen molar-refractivity contribution in [2.45, 2.75) is 33.3 Å². The molecule has 1 rings (SSSR count). The number of thiol groups is 1. The maximum atomic E-state index is 5.83. The molecule has 132 valence electrons. The first-order valence-electron chi connectivity index (χ1n) is 8.44. The number of allylic oxidation sites excluding steroid dienone is 8. The van der Waals surface area contributed by atoms with E-state index in [4.69, 9.17) is 4.74 Å². The minimum Gasteiger partial charge on any atom is -0.489 e. The molecule has 2 heteroatoms. The smallest absolute Gasteiger partial charge is 0.120 e. The average Bonchev–Trinajstić information content (AvgIpc) is 2.63. The lowest BCUT2D eigenvalue weighted by atomic mass is 10.0. The topological polar surface area (TPSA) is 9.23 Å². The molecule has 0 N–H and O–H groups in total. The van der Waals surface area contributed by atoms with Crippen LogP contribution in [0.4, 0.5) is 0 Å². The van der Waals surface area contributed by atoms with E-state index in [1.54, 1.807) is 6.08 Å². The Hall–Kier alpha value is -2.19. The molecule has 0 saturated heterocycles. The minimum absolute atomic E-state index is 0.520. The summed E-state index contributed by atoms with van der Waals surface area (Å²) in [4.78, 5) is 0.918. The lowest BCUT2D eigenvalue weighted by molar-refractivity contribution is 0.211. The molecule has 0 radical (unpaired) electrons. The van der Waals surface area contributed by atoms with Crippen LogP contribution in [0.25, 0.3) is 0 Å². The van der Waals surface area contributed by atoms with Crippen molar-refractivity contribution in [2.75, 3.05) is 0 Å². The summed E-state index contributed by atoms with van der Waals surface area (Å²) in [6.45, 7) is 12.2. The van der Waals surface area contributed by atoms with Gasteiger partial charge in [0.05, 0.1) is 0 Å². The molecule has 0 aromatic heterocycles. The molecule has 0 bridgehead atoms. The molecule has 0 heterocycles. The van der Waals surface area contributed by atoms with Crippen LogP contribution in [0, 0.1) is 0 Å². The zero-order valence-electron chi connectivity index (χ0n) is 15.2. The average molecular weight is 353 g/mol. The SMILES string of the molecule is C=C/C=C(\C=C/C)CC/C(C)=C(S)/C=C(\C=C)OCc1ccccc1. The number of hydrogen-bond acceptors (Lipinski definition) is 2.